The second-order valence-corrected chi connectivity index (χ2v) is 4.78. The maximum Gasteiger partial charge on any atom is 0.0633 e. The highest BCUT2D eigenvalue weighted by Crippen LogP contribution is 2.13. The van der Waals surface area contributed by atoms with Crippen LogP contribution in [-0.2, 0) is 11.3 Å². The summed E-state index contributed by atoms with van der Waals surface area (Å²) in [6, 6.07) is 11.8. The van der Waals surface area contributed by atoms with E-state index in [0.717, 1.165) is 32.8 Å². The Morgan fingerprint density at radius 2 is 1.76 bits per heavy atom. The lowest BCUT2D eigenvalue weighted by Gasteiger charge is -2.42. The largest absolute Gasteiger partial charge is 0.378 e. The van der Waals surface area contributed by atoms with Crippen LogP contribution in [0.1, 0.15) is 5.56 Å². The number of nitrogens with one attached hydrogen (secondary N) is 1. The van der Waals surface area contributed by atoms with Crippen LogP contribution >= 0.6 is 12.4 Å². The van der Waals surface area contributed by atoms with Gasteiger partial charge in [0.2, 0.25) is 0 Å². The average Bonchev–Trinajstić information content (AvgIpc) is 2.30. The number of rotatable bonds is 2. The third-order valence-corrected chi connectivity index (χ3v) is 3.32. The van der Waals surface area contributed by atoms with E-state index >= 15 is 0 Å². The number of ether oxygens (including phenoxy) is 1. The molecule has 0 radical (unpaired) electrons. The number of halogens is 1. The molecule has 4 heteroatoms. The molecule has 0 aliphatic carbocycles. The van der Waals surface area contributed by atoms with Gasteiger partial charge in [-0.1, -0.05) is 30.3 Å². The molecule has 2 aliphatic heterocycles. The van der Waals surface area contributed by atoms with Gasteiger partial charge in [0.15, 0.2) is 0 Å². The minimum atomic E-state index is 0. The first-order valence-corrected chi connectivity index (χ1v) is 6.00. The first kappa shape index (κ1) is 12.8. The van der Waals surface area contributed by atoms with Crippen LogP contribution in [0.2, 0.25) is 0 Å². The molecular weight excluding hydrogens is 236 g/mol. The summed E-state index contributed by atoms with van der Waals surface area (Å²) in [5.41, 5.74) is 1.41. The molecule has 2 aliphatic rings. The molecule has 94 valence electrons. The highest BCUT2D eigenvalue weighted by molar-refractivity contribution is 5.85. The van der Waals surface area contributed by atoms with E-state index < -0.39 is 0 Å². The third kappa shape index (κ3) is 3.19. The van der Waals surface area contributed by atoms with Gasteiger partial charge in [0.05, 0.1) is 13.2 Å². The minimum Gasteiger partial charge on any atom is -0.378 e. The average molecular weight is 255 g/mol. The van der Waals surface area contributed by atoms with Gasteiger partial charge in [-0.3, -0.25) is 4.90 Å². The summed E-state index contributed by atoms with van der Waals surface area (Å²) in [4.78, 5) is 2.53. The Bertz CT molecular complexity index is 335. The molecule has 1 aromatic rings. The molecule has 3 rings (SSSR count). The lowest BCUT2D eigenvalue weighted by Crippen LogP contribution is -2.62. The van der Waals surface area contributed by atoms with Crippen LogP contribution in [0.5, 0.6) is 0 Å². The minimum absolute atomic E-state index is 0. The van der Waals surface area contributed by atoms with Crippen LogP contribution in [0, 0.1) is 0 Å². The first-order chi connectivity index (χ1) is 7.90. The fourth-order valence-electron chi connectivity index (χ4n) is 2.66. The lowest BCUT2D eigenvalue weighted by atomic mass is 10.1. The highest BCUT2D eigenvalue weighted by atomic mass is 35.5. The van der Waals surface area contributed by atoms with Crippen molar-refractivity contribution in [2.45, 2.75) is 18.6 Å². The number of morpholine rings is 1. The summed E-state index contributed by atoms with van der Waals surface area (Å²) in [5, 5.41) is 3.60. The molecule has 2 fully saturated rings. The first-order valence-electron chi connectivity index (χ1n) is 6.00. The molecule has 1 aromatic carbocycles. The summed E-state index contributed by atoms with van der Waals surface area (Å²) in [5.74, 6) is 0. The van der Waals surface area contributed by atoms with Gasteiger partial charge in [-0.2, -0.15) is 0 Å². The summed E-state index contributed by atoms with van der Waals surface area (Å²) in [6.07, 6.45) is 0. The van der Waals surface area contributed by atoms with Gasteiger partial charge in [-0.15, -0.1) is 12.4 Å². The topological polar surface area (TPSA) is 24.5 Å². The molecule has 1 N–H and O–H groups in total. The van der Waals surface area contributed by atoms with Crippen LogP contribution in [0.15, 0.2) is 30.3 Å². The third-order valence-electron chi connectivity index (χ3n) is 3.32. The van der Waals surface area contributed by atoms with E-state index in [9.17, 15) is 0 Å². The van der Waals surface area contributed by atoms with Gasteiger partial charge in [0.1, 0.15) is 0 Å². The SMILES string of the molecule is Cl.c1ccc(CN2C[C@H]3COC[C@@H](C2)N3)cc1. The summed E-state index contributed by atoms with van der Waals surface area (Å²) < 4.78 is 5.55. The Kier molecular flexibility index (Phi) is 4.40. The Balaban J connectivity index is 0.00000108. The highest BCUT2D eigenvalue weighted by Gasteiger charge is 2.30. The number of fused-ring (bicyclic) bond motifs is 2. The van der Waals surface area contributed by atoms with Crippen LogP contribution in [0.3, 0.4) is 0 Å². The second-order valence-electron chi connectivity index (χ2n) is 4.78. The van der Waals surface area contributed by atoms with Crippen molar-refractivity contribution in [3.63, 3.8) is 0 Å². The van der Waals surface area contributed by atoms with Crippen molar-refractivity contribution in [2.75, 3.05) is 26.3 Å². The second kappa shape index (κ2) is 5.83. The maximum absolute atomic E-state index is 5.55. The quantitative estimate of drug-likeness (QED) is 0.861. The Morgan fingerprint density at radius 1 is 1.12 bits per heavy atom. The summed E-state index contributed by atoms with van der Waals surface area (Å²) in [6.45, 7) is 5.00. The molecule has 0 unspecified atom stereocenters. The van der Waals surface area contributed by atoms with Gasteiger partial charge in [-0.05, 0) is 5.56 Å². The van der Waals surface area contributed by atoms with E-state index in [0.29, 0.717) is 12.1 Å². The van der Waals surface area contributed by atoms with Crippen molar-refractivity contribution in [3.05, 3.63) is 35.9 Å². The Hall–Kier alpha value is -0.610. The fourth-order valence-corrected chi connectivity index (χ4v) is 2.66. The van der Waals surface area contributed by atoms with E-state index in [1.54, 1.807) is 0 Å². The Morgan fingerprint density at radius 3 is 2.41 bits per heavy atom. The number of benzene rings is 1. The summed E-state index contributed by atoms with van der Waals surface area (Å²) in [7, 11) is 0. The van der Waals surface area contributed by atoms with Gasteiger partial charge < -0.3 is 10.1 Å². The molecular formula is C13H19ClN2O. The Labute approximate surface area is 109 Å². The van der Waals surface area contributed by atoms with E-state index in [1.807, 2.05) is 0 Å². The van der Waals surface area contributed by atoms with Crippen molar-refractivity contribution < 1.29 is 4.74 Å². The summed E-state index contributed by atoms with van der Waals surface area (Å²) >= 11 is 0. The van der Waals surface area contributed by atoms with Crippen molar-refractivity contribution >= 4 is 12.4 Å². The molecule has 3 nitrogen and oxygen atoms in total. The number of hydrogen-bond donors (Lipinski definition) is 1. The van der Waals surface area contributed by atoms with Crippen LogP contribution in [0.4, 0.5) is 0 Å². The van der Waals surface area contributed by atoms with Gasteiger partial charge in [-0.25, -0.2) is 0 Å². The van der Waals surface area contributed by atoms with Crippen LogP contribution < -0.4 is 5.32 Å². The monoisotopic (exact) mass is 254 g/mol. The zero-order valence-electron chi connectivity index (χ0n) is 9.84. The van der Waals surface area contributed by atoms with Crippen molar-refractivity contribution in [1.82, 2.24) is 10.2 Å². The van der Waals surface area contributed by atoms with E-state index in [2.05, 4.69) is 40.5 Å². The van der Waals surface area contributed by atoms with Crippen LogP contribution in [0.25, 0.3) is 0 Å². The molecule has 2 heterocycles. The zero-order valence-corrected chi connectivity index (χ0v) is 10.7. The van der Waals surface area contributed by atoms with Gasteiger partial charge in [0, 0.05) is 31.7 Å². The van der Waals surface area contributed by atoms with Gasteiger partial charge in [0.25, 0.3) is 0 Å². The van der Waals surface area contributed by atoms with E-state index in [-0.39, 0.29) is 12.4 Å². The van der Waals surface area contributed by atoms with E-state index in [4.69, 9.17) is 4.74 Å². The zero-order chi connectivity index (χ0) is 10.8. The number of hydrogen-bond acceptors (Lipinski definition) is 3. The van der Waals surface area contributed by atoms with Crippen molar-refractivity contribution in [2.24, 2.45) is 0 Å². The van der Waals surface area contributed by atoms with Crippen molar-refractivity contribution in [1.29, 1.82) is 0 Å². The lowest BCUT2D eigenvalue weighted by molar-refractivity contribution is -0.00870. The number of piperazine rings is 1. The normalized spacial score (nSPS) is 28.5. The molecule has 17 heavy (non-hydrogen) atoms. The van der Waals surface area contributed by atoms with Gasteiger partial charge >= 0.3 is 0 Å². The molecule has 2 saturated heterocycles. The standard InChI is InChI=1S/C13H18N2O.ClH/c1-2-4-11(5-3-1)6-15-7-12-9-16-10-13(8-15)14-12;/h1-5,12-14H,6-10H2;1H/t12-,13+;. The fraction of sp³-hybridized carbons (Fsp3) is 0.538. The van der Waals surface area contributed by atoms with Crippen molar-refractivity contribution in [3.8, 4) is 0 Å². The smallest absolute Gasteiger partial charge is 0.0633 e. The van der Waals surface area contributed by atoms with E-state index in [1.165, 1.54) is 5.56 Å². The molecule has 0 amide bonds. The molecule has 2 atom stereocenters. The molecule has 0 aromatic heterocycles. The molecule has 0 saturated carbocycles. The predicted molar refractivity (Wildman–Crippen MR) is 70.5 cm³/mol. The molecule has 0 spiro atoms. The predicted octanol–water partition coefficient (Wildman–Crippen LogP) is 1.28. The van der Waals surface area contributed by atoms with Crippen LogP contribution in [-0.4, -0.2) is 43.3 Å². The molecule has 2 bridgehead atoms. The number of nitrogens with zero attached hydrogens (tertiary/aromatic N) is 1. The maximum atomic E-state index is 5.55.